The average molecular weight is 279 g/mol. The van der Waals surface area contributed by atoms with Gasteiger partial charge in [0.05, 0.1) is 17.7 Å². The van der Waals surface area contributed by atoms with Crippen LogP contribution in [0.3, 0.4) is 0 Å². The Morgan fingerprint density at radius 1 is 1.45 bits per heavy atom. The molecule has 0 amide bonds. The van der Waals surface area contributed by atoms with E-state index in [1.807, 2.05) is 0 Å². The number of aromatic nitrogens is 2. The van der Waals surface area contributed by atoms with Crippen molar-refractivity contribution in [2.45, 2.75) is 0 Å². The number of nitrogen functional groups attached to an aromatic ring is 1. The number of ether oxygens (including phenoxy) is 1. The lowest BCUT2D eigenvalue weighted by Gasteiger charge is -2.10. The highest BCUT2D eigenvalue weighted by molar-refractivity contribution is 5.74. The van der Waals surface area contributed by atoms with Crippen molar-refractivity contribution >= 4 is 23.0 Å². The zero-order valence-corrected chi connectivity index (χ0v) is 10.3. The fraction of sp³-hybridized carbons (Fsp3) is 0.0909. The van der Waals surface area contributed by atoms with Crippen LogP contribution in [0.25, 0.3) is 0 Å². The van der Waals surface area contributed by atoms with E-state index in [-0.39, 0.29) is 17.4 Å². The number of methoxy groups -OCH3 is 1. The van der Waals surface area contributed by atoms with Gasteiger partial charge in [-0.05, 0) is 12.1 Å². The standard InChI is InChI=1S/C11H10FN5O3/c1-20-8-4-6(12)2-3-7(8)16-11-9(17(18)19)10(13)14-5-15-11/h2-5H,1H3,(H3,13,14,15,16). The van der Waals surface area contributed by atoms with Gasteiger partial charge in [0, 0.05) is 6.07 Å². The maximum atomic E-state index is 13.1. The van der Waals surface area contributed by atoms with Gasteiger partial charge in [-0.15, -0.1) is 0 Å². The number of rotatable bonds is 4. The third-order valence-corrected chi connectivity index (χ3v) is 2.45. The van der Waals surface area contributed by atoms with E-state index in [0.717, 1.165) is 12.4 Å². The summed E-state index contributed by atoms with van der Waals surface area (Å²) >= 11 is 0. The second-order valence-electron chi connectivity index (χ2n) is 3.68. The van der Waals surface area contributed by atoms with Gasteiger partial charge in [0.15, 0.2) is 0 Å². The molecule has 1 aromatic carbocycles. The van der Waals surface area contributed by atoms with E-state index in [4.69, 9.17) is 10.5 Å². The zero-order valence-electron chi connectivity index (χ0n) is 10.3. The van der Waals surface area contributed by atoms with E-state index >= 15 is 0 Å². The third-order valence-electron chi connectivity index (χ3n) is 2.45. The van der Waals surface area contributed by atoms with E-state index in [1.165, 1.54) is 19.2 Å². The van der Waals surface area contributed by atoms with E-state index in [9.17, 15) is 14.5 Å². The molecule has 20 heavy (non-hydrogen) atoms. The van der Waals surface area contributed by atoms with E-state index in [2.05, 4.69) is 15.3 Å². The van der Waals surface area contributed by atoms with Crippen LogP contribution in [-0.2, 0) is 0 Å². The van der Waals surface area contributed by atoms with Crippen LogP contribution in [0.1, 0.15) is 0 Å². The van der Waals surface area contributed by atoms with Crippen LogP contribution < -0.4 is 15.8 Å². The molecule has 0 spiro atoms. The highest BCUT2D eigenvalue weighted by atomic mass is 19.1. The van der Waals surface area contributed by atoms with Crippen LogP contribution in [0.5, 0.6) is 5.75 Å². The Morgan fingerprint density at radius 2 is 2.20 bits per heavy atom. The van der Waals surface area contributed by atoms with Crippen molar-refractivity contribution in [3.8, 4) is 5.75 Å². The molecule has 2 aromatic rings. The Morgan fingerprint density at radius 3 is 2.85 bits per heavy atom. The SMILES string of the molecule is COc1cc(F)ccc1Nc1ncnc(N)c1[N+](=O)[O-]. The summed E-state index contributed by atoms with van der Waals surface area (Å²) in [5.41, 5.74) is 5.30. The highest BCUT2D eigenvalue weighted by Crippen LogP contribution is 2.33. The molecule has 2 rings (SSSR count). The van der Waals surface area contributed by atoms with Crippen LogP contribution >= 0.6 is 0 Å². The van der Waals surface area contributed by atoms with Crippen molar-refractivity contribution in [1.82, 2.24) is 9.97 Å². The Bertz CT molecular complexity index is 665. The number of benzene rings is 1. The molecule has 0 aliphatic carbocycles. The van der Waals surface area contributed by atoms with Crippen molar-refractivity contribution in [3.63, 3.8) is 0 Å². The maximum absolute atomic E-state index is 13.1. The fourth-order valence-corrected chi connectivity index (χ4v) is 1.56. The number of halogens is 1. The number of nitrogens with two attached hydrogens (primary N) is 1. The van der Waals surface area contributed by atoms with Crippen molar-refractivity contribution in [2.75, 3.05) is 18.2 Å². The Balaban J connectivity index is 2.45. The first-order chi connectivity index (χ1) is 9.52. The summed E-state index contributed by atoms with van der Waals surface area (Å²) in [7, 11) is 1.35. The van der Waals surface area contributed by atoms with Crippen LogP contribution in [0, 0.1) is 15.9 Å². The van der Waals surface area contributed by atoms with Crippen molar-refractivity contribution in [2.24, 2.45) is 0 Å². The molecule has 9 heteroatoms. The zero-order chi connectivity index (χ0) is 14.7. The quantitative estimate of drug-likeness (QED) is 0.648. The summed E-state index contributed by atoms with van der Waals surface area (Å²) in [4.78, 5) is 17.6. The minimum Gasteiger partial charge on any atom is -0.494 e. The topological polar surface area (TPSA) is 116 Å². The van der Waals surface area contributed by atoms with Gasteiger partial charge in [0.1, 0.15) is 17.9 Å². The lowest BCUT2D eigenvalue weighted by Crippen LogP contribution is -2.05. The molecule has 1 heterocycles. The normalized spacial score (nSPS) is 10.1. The molecular formula is C11H10FN5O3. The molecule has 0 fully saturated rings. The van der Waals surface area contributed by atoms with Gasteiger partial charge in [0.2, 0.25) is 11.6 Å². The van der Waals surface area contributed by atoms with Gasteiger partial charge >= 0.3 is 5.69 Å². The number of nitrogens with zero attached hydrogens (tertiary/aromatic N) is 3. The Hall–Kier alpha value is -2.97. The predicted molar refractivity (Wildman–Crippen MR) is 69.3 cm³/mol. The summed E-state index contributed by atoms with van der Waals surface area (Å²) < 4.78 is 18.1. The molecule has 0 saturated heterocycles. The number of nitrogens with one attached hydrogen (secondary N) is 1. The highest BCUT2D eigenvalue weighted by Gasteiger charge is 2.21. The van der Waals surface area contributed by atoms with Crippen LogP contribution in [-0.4, -0.2) is 22.0 Å². The first kappa shape index (κ1) is 13.5. The Labute approximate surface area is 112 Å². The molecule has 3 N–H and O–H groups in total. The minimum atomic E-state index is -0.701. The van der Waals surface area contributed by atoms with Crippen LogP contribution in [0.2, 0.25) is 0 Å². The molecule has 1 aromatic heterocycles. The molecule has 0 atom stereocenters. The van der Waals surface area contributed by atoms with Gasteiger partial charge in [-0.3, -0.25) is 10.1 Å². The van der Waals surface area contributed by atoms with Gasteiger partial charge in [-0.2, -0.15) is 0 Å². The monoisotopic (exact) mass is 279 g/mol. The van der Waals surface area contributed by atoms with E-state index < -0.39 is 16.4 Å². The van der Waals surface area contributed by atoms with Crippen molar-refractivity contribution < 1.29 is 14.1 Å². The lowest BCUT2D eigenvalue weighted by atomic mass is 10.2. The summed E-state index contributed by atoms with van der Waals surface area (Å²) in [6.07, 6.45) is 1.08. The Kier molecular flexibility index (Phi) is 3.60. The van der Waals surface area contributed by atoms with Crippen LogP contribution in [0.15, 0.2) is 24.5 Å². The number of hydrogen-bond donors (Lipinski definition) is 2. The number of nitro groups is 1. The van der Waals surface area contributed by atoms with Gasteiger partial charge in [-0.1, -0.05) is 0 Å². The average Bonchev–Trinajstić information content (AvgIpc) is 2.40. The lowest BCUT2D eigenvalue weighted by molar-refractivity contribution is -0.383. The summed E-state index contributed by atoms with van der Waals surface area (Å²) in [6.45, 7) is 0. The second-order valence-corrected chi connectivity index (χ2v) is 3.68. The molecular weight excluding hydrogens is 269 g/mol. The number of hydrogen-bond acceptors (Lipinski definition) is 7. The molecule has 8 nitrogen and oxygen atoms in total. The minimum absolute atomic E-state index is 0.104. The molecule has 0 aliphatic rings. The summed E-state index contributed by atoms with van der Waals surface area (Å²) in [6, 6.07) is 3.69. The molecule has 0 bridgehead atoms. The molecule has 0 radical (unpaired) electrons. The summed E-state index contributed by atoms with van der Waals surface area (Å²) in [5, 5.41) is 13.6. The van der Waals surface area contributed by atoms with Crippen molar-refractivity contribution in [3.05, 3.63) is 40.5 Å². The van der Waals surface area contributed by atoms with Crippen molar-refractivity contribution in [1.29, 1.82) is 0 Å². The number of anilines is 3. The molecule has 0 saturated carbocycles. The van der Waals surface area contributed by atoms with Gasteiger partial charge in [0.25, 0.3) is 0 Å². The van der Waals surface area contributed by atoms with E-state index in [0.29, 0.717) is 5.69 Å². The van der Waals surface area contributed by atoms with E-state index in [1.54, 1.807) is 0 Å². The first-order valence-electron chi connectivity index (χ1n) is 5.38. The largest absolute Gasteiger partial charge is 0.494 e. The third kappa shape index (κ3) is 2.55. The molecule has 0 unspecified atom stereocenters. The molecule has 0 aliphatic heterocycles. The second kappa shape index (κ2) is 5.34. The van der Waals surface area contributed by atoms with Crippen LogP contribution in [0.4, 0.5) is 27.4 Å². The molecule has 104 valence electrons. The maximum Gasteiger partial charge on any atom is 0.353 e. The van der Waals surface area contributed by atoms with Gasteiger partial charge < -0.3 is 15.8 Å². The fourth-order valence-electron chi connectivity index (χ4n) is 1.56. The summed E-state index contributed by atoms with van der Waals surface area (Å²) in [5.74, 6) is -0.693. The predicted octanol–water partition coefficient (Wildman–Crippen LogP) is 1.86. The van der Waals surface area contributed by atoms with Gasteiger partial charge in [-0.25, -0.2) is 14.4 Å². The first-order valence-corrected chi connectivity index (χ1v) is 5.38. The smallest absolute Gasteiger partial charge is 0.353 e.